The molecule has 3 rings (SSSR count). The minimum absolute atomic E-state index is 0.123. The molecule has 0 fully saturated rings. The van der Waals surface area contributed by atoms with Crippen LogP contribution in [0.1, 0.15) is 6.42 Å². The molecule has 6 nitrogen and oxygen atoms in total. The summed E-state index contributed by atoms with van der Waals surface area (Å²) in [5.41, 5.74) is 0.940. The van der Waals surface area contributed by atoms with Crippen molar-refractivity contribution in [2.24, 2.45) is 4.99 Å². The first-order valence-corrected chi connectivity index (χ1v) is 8.54. The van der Waals surface area contributed by atoms with Gasteiger partial charge in [0, 0.05) is 12.7 Å². The second kappa shape index (κ2) is 7.43. The number of nitrogens with zero attached hydrogens (tertiary/aromatic N) is 5. The largest absolute Gasteiger partial charge is 0.463 e. The SMILES string of the molecule is CN(C)CCOC1=NC=CC(CC#N)N1c1nc2ccccc2s1. The fourth-order valence-corrected chi connectivity index (χ4v) is 3.38. The molecule has 124 valence electrons. The molecule has 1 aliphatic heterocycles. The lowest BCUT2D eigenvalue weighted by Gasteiger charge is -2.30. The third-order valence-electron chi connectivity index (χ3n) is 3.59. The quantitative estimate of drug-likeness (QED) is 0.837. The minimum Gasteiger partial charge on any atom is -0.463 e. The van der Waals surface area contributed by atoms with Crippen LogP contribution in [0.15, 0.2) is 41.5 Å². The Balaban J connectivity index is 1.89. The van der Waals surface area contributed by atoms with Gasteiger partial charge in [-0.15, -0.1) is 0 Å². The van der Waals surface area contributed by atoms with Crippen LogP contribution >= 0.6 is 11.3 Å². The van der Waals surface area contributed by atoms with E-state index in [0.29, 0.717) is 19.0 Å². The molecule has 0 bridgehead atoms. The number of para-hydroxylation sites is 1. The maximum atomic E-state index is 9.14. The van der Waals surface area contributed by atoms with Crippen molar-refractivity contribution < 1.29 is 4.74 Å². The van der Waals surface area contributed by atoms with Crippen LogP contribution in [0.4, 0.5) is 5.13 Å². The van der Waals surface area contributed by atoms with Crippen LogP contribution in [0.25, 0.3) is 10.2 Å². The van der Waals surface area contributed by atoms with E-state index in [1.165, 1.54) is 0 Å². The molecular formula is C17H19N5OS. The van der Waals surface area contributed by atoms with Crippen LogP contribution < -0.4 is 4.90 Å². The number of fused-ring (bicyclic) bond motifs is 1. The van der Waals surface area contributed by atoms with E-state index < -0.39 is 0 Å². The molecular weight excluding hydrogens is 322 g/mol. The van der Waals surface area contributed by atoms with Gasteiger partial charge in [-0.1, -0.05) is 23.5 Å². The first-order chi connectivity index (χ1) is 11.7. The van der Waals surface area contributed by atoms with E-state index in [-0.39, 0.29) is 6.04 Å². The highest BCUT2D eigenvalue weighted by molar-refractivity contribution is 7.22. The minimum atomic E-state index is -0.123. The monoisotopic (exact) mass is 341 g/mol. The molecule has 1 aliphatic rings. The maximum Gasteiger partial charge on any atom is 0.299 e. The van der Waals surface area contributed by atoms with E-state index >= 15 is 0 Å². The average molecular weight is 341 g/mol. The molecule has 0 aliphatic carbocycles. The van der Waals surface area contributed by atoms with Crippen molar-refractivity contribution in [1.29, 1.82) is 5.26 Å². The van der Waals surface area contributed by atoms with E-state index in [9.17, 15) is 0 Å². The summed E-state index contributed by atoms with van der Waals surface area (Å²) >= 11 is 1.58. The van der Waals surface area contributed by atoms with Crippen LogP contribution in [0.2, 0.25) is 0 Å². The Bertz CT molecular complexity index is 772. The number of likely N-dealkylation sites (N-methyl/N-ethyl adjacent to an activating group) is 1. The standard InChI is InChI=1S/C17H19N5OS/c1-21(2)11-12-23-16-19-10-8-13(7-9-18)22(16)17-20-14-5-3-4-6-15(14)24-17/h3-6,8,10,13H,7,11-12H2,1-2H3. The highest BCUT2D eigenvalue weighted by Gasteiger charge is 2.28. The van der Waals surface area contributed by atoms with E-state index in [1.807, 2.05) is 54.2 Å². The van der Waals surface area contributed by atoms with Crippen molar-refractivity contribution >= 4 is 32.7 Å². The van der Waals surface area contributed by atoms with E-state index in [0.717, 1.165) is 21.9 Å². The van der Waals surface area contributed by atoms with Crippen LogP contribution in [-0.4, -0.2) is 49.2 Å². The number of aromatic nitrogens is 1. The molecule has 0 saturated carbocycles. The van der Waals surface area contributed by atoms with Crippen LogP contribution in [0.3, 0.4) is 0 Å². The van der Waals surface area contributed by atoms with E-state index in [4.69, 9.17) is 15.0 Å². The predicted octanol–water partition coefficient (Wildman–Crippen LogP) is 2.85. The van der Waals surface area contributed by atoms with Crippen molar-refractivity contribution in [1.82, 2.24) is 9.88 Å². The van der Waals surface area contributed by atoms with Gasteiger partial charge < -0.3 is 9.64 Å². The highest BCUT2D eigenvalue weighted by atomic mass is 32.1. The number of hydrogen-bond donors (Lipinski definition) is 0. The molecule has 2 aromatic rings. The number of amidine groups is 1. The van der Waals surface area contributed by atoms with Gasteiger partial charge in [-0.25, -0.2) is 9.98 Å². The van der Waals surface area contributed by atoms with Crippen LogP contribution in [-0.2, 0) is 4.74 Å². The molecule has 1 unspecified atom stereocenters. The summed E-state index contributed by atoms with van der Waals surface area (Å²) in [6.45, 7) is 1.32. The lowest BCUT2D eigenvalue weighted by atomic mass is 10.2. The molecule has 2 heterocycles. The van der Waals surface area contributed by atoms with Gasteiger partial charge >= 0.3 is 0 Å². The number of nitriles is 1. The van der Waals surface area contributed by atoms with Gasteiger partial charge in [-0.05, 0) is 32.3 Å². The lowest BCUT2D eigenvalue weighted by molar-refractivity contribution is 0.244. The Labute approximate surface area is 145 Å². The van der Waals surface area contributed by atoms with Gasteiger partial charge in [-0.2, -0.15) is 5.26 Å². The summed E-state index contributed by atoms with van der Waals surface area (Å²) in [5, 5.41) is 9.94. The molecule has 0 N–H and O–H groups in total. The summed E-state index contributed by atoms with van der Waals surface area (Å²) in [6.07, 6.45) is 3.97. The molecule has 0 amide bonds. The first-order valence-electron chi connectivity index (χ1n) is 7.73. The van der Waals surface area contributed by atoms with Gasteiger partial charge in [0.05, 0.1) is 28.7 Å². The number of anilines is 1. The normalized spacial score (nSPS) is 17.2. The summed E-state index contributed by atoms with van der Waals surface area (Å²) in [5.74, 6) is 0. The second-order valence-electron chi connectivity index (χ2n) is 5.67. The molecule has 0 radical (unpaired) electrons. The Morgan fingerprint density at radius 2 is 2.21 bits per heavy atom. The summed E-state index contributed by atoms with van der Waals surface area (Å²) in [4.78, 5) is 13.0. The molecule has 1 aromatic heterocycles. The maximum absolute atomic E-state index is 9.14. The first kappa shape index (κ1) is 16.4. The fraction of sp³-hybridized carbons (Fsp3) is 0.353. The van der Waals surface area contributed by atoms with Crippen molar-refractivity contribution in [3.05, 3.63) is 36.5 Å². The zero-order valence-corrected chi connectivity index (χ0v) is 14.5. The molecule has 0 saturated heterocycles. The Hall–Kier alpha value is -2.43. The van der Waals surface area contributed by atoms with E-state index in [1.54, 1.807) is 17.5 Å². The summed E-state index contributed by atoms with van der Waals surface area (Å²) in [7, 11) is 3.99. The van der Waals surface area contributed by atoms with Gasteiger partial charge in [0.15, 0.2) is 5.13 Å². The zero-order valence-electron chi connectivity index (χ0n) is 13.7. The molecule has 0 spiro atoms. The topological polar surface area (TPSA) is 64.8 Å². The van der Waals surface area contributed by atoms with Crippen molar-refractivity contribution in [2.75, 3.05) is 32.1 Å². The third-order valence-corrected chi connectivity index (χ3v) is 4.63. The molecule has 7 heteroatoms. The van der Waals surface area contributed by atoms with Crippen LogP contribution in [0.5, 0.6) is 0 Å². The number of ether oxygens (including phenoxy) is 1. The smallest absolute Gasteiger partial charge is 0.299 e. The Morgan fingerprint density at radius 3 is 2.96 bits per heavy atom. The zero-order chi connectivity index (χ0) is 16.9. The summed E-state index contributed by atoms with van der Waals surface area (Å²) < 4.78 is 6.98. The number of rotatable bonds is 5. The van der Waals surface area contributed by atoms with E-state index in [2.05, 4.69) is 11.1 Å². The molecule has 1 aromatic carbocycles. The van der Waals surface area contributed by atoms with Crippen LogP contribution in [0, 0.1) is 11.3 Å². The van der Waals surface area contributed by atoms with Crippen molar-refractivity contribution in [3.8, 4) is 6.07 Å². The highest BCUT2D eigenvalue weighted by Crippen LogP contribution is 2.32. The number of aliphatic imine (C=N–C) groups is 1. The van der Waals surface area contributed by atoms with Crippen molar-refractivity contribution in [3.63, 3.8) is 0 Å². The third kappa shape index (κ3) is 3.55. The molecule has 1 atom stereocenters. The van der Waals surface area contributed by atoms with Gasteiger partial charge in [0.1, 0.15) is 6.61 Å². The number of thiazole rings is 1. The number of hydrogen-bond acceptors (Lipinski definition) is 7. The predicted molar refractivity (Wildman–Crippen MR) is 97.2 cm³/mol. The molecule has 24 heavy (non-hydrogen) atoms. The van der Waals surface area contributed by atoms with Gasteiger partial charge in [0.25, 0.3) is 6.02 Å². The number of benzene rings is 1. The van der Waals surface area contributed by atoms with Crippen molar-refractivity contribution in [2.45, 2.75) is 12.5 Å². The fourth-order valence-electron chi connectivity index (χ4n) is 2.36. The Morgan fingerprint density at radius 1 is 1.38 bits per heavy atom. The summed E-state index contributed by atoms with van der Waals surface area (Å²) in [6, 6.07) is 10.6. The average Bonchev–Trinajstić information content (AvgIpc) is 2.98. The Kier molecular flexibility index (Phi) is 5.08. The second-order valence-corrected chi connectivity index (χ2v) is 6.68. The van der Waals surface area contributed by atoms with Gasteiger partial charge in [-0.3, -0.25) is 4.90 Å². The van der Waals surface area contributed by atoms with Gasteiger partial charge in [0.2, 0.25) is 0 Å². The lowest BCUT2D eigenvalue weighted by Crippen LogP contribution is -2.43.